The van der Waals surface area contributed by atoms with Crippen LogP contribution in [0.1, 0.15) is 44.1 Å². The van der Waals surface area contributed by atoms with Gasteiger partial charge in [-0.15, -0.1) is 0 Å². The number of hydrogen-bond acceptors (Lipinski definition) is 0. The van der Waals surface area contributed by atoms with Gasteiger partial charge in [-0.05, 0) is 93.1 Å². The fourth-order valence-corrected chi connectivity index (χ4v) is 6.81. The molecule has 4 aliphatic rings. The first-order valence-corrected chi connectivity index (χ1v) is 14.3. The molecular weight excluding hydrogens is 456 g/mol. The van der Waals surface area contributed by atoms with Gasteiger partial charge in [0.05, 0.1) is 0 Å². The van der Waals surface area contributed by atoms with Gasteiger partial charge in [0.2, 0.25) is 0 Å². The summed E-state index contributed by atoms with van der Waals surface area (Å²) >= 11 is 0. The van der Waals surface area contributed by atoms with Crippen LogP contribution in [0.15, 0.2) is 120 Å². The molecule has 4 aliphatic carbocycles. The van der Waals surface area contributed by atoms with Crippen LogP contribution in [-0.2, 0) is 0 Å². The fraction of sp³-hybridized carbons (Fsp3) is 0.211. The van der Waals surface area contributed by atoms with E-state index in [1.807, 2.05) is 0 Å². The van der Waals surface area contributed by atoms with Gasteiger partial charge >= 0.3 is 0 Å². The summed E-state index contributed by atoms with van der Waals surface area (Å²) in [7, 11) is 0. The standard InChI is InChI=1S/C38H34/c1-4-14-27(15-5-1)30-24-31(28-16-6-2-7-17-28)26-32(25-30)38-35-22-12-10-20-33(35)37(29-18-8-3-9-19-29)34-21-11-13-23-36(34)38/h1,3-6,8-10,12,14,16-25,27,31H,2,7,11,13,15,26H2. The summed E-state index contributed by atoms with van der Waals surface area (Å²) in [6, 6.07) is 20.1. The van der Waals surface area contributed by atoms with Crippen molar-refractivity contribution >= 4 is 28.5 Å². The second-order valence-corrected chi connectivity index (χ2v) is 11.0. The van der Waals surface area contributed by atoms with Crippen LogP contribution < -0.4 is 10.4 Å². The Morgan fingerprint density at radius 3 is 2.08 bits per heavy atom. The Morgan fingerprint density at radius 1 is 0.605 bits per heavy atom. The minimum atomic E-state index is 0.427. The first-order valence-electron chi connectivity index (χ1n) is 14.3. The van der Waals surface area contributed by atoms with Crippen LogP contribution in [0, 0.1) is 11.8 Å². The van der Waals surface area contributed by atoms with E-state index in [9.17, 15) is 0 Å². The molecule has 3 aromatic carbocycles. The number of rotatable bonds is 4. The topological polar surface area (TPSA) is 0 Å². The largest absolute Gasteiger partial charge is 0.0839 e. The molecule has 0 fully saturated rings. The van der Waals surface area contributed by atoms with Gasteiger partial charge in [0.1, 0.15) is 0 Å². The molecule has 0 N–H and O–H groups in total. The molecule has 38 heavy (non-hydrogen) atoms. The fourth-order valence-electron chi connectivity index (χ4n) is 6.81. The quantitative estimate of drug-likeness (QED) is 0.343. The van der Waals surface area contributed by atoms with Crippen LogP contribution in [0.3, 0.4) is 0 Å². The molecule has 2 atom stereocenters. The van der Waals surface area contributed by atoms with Crippen LogP contribution in [0.2, 0.25) is 0 Å². The van der Waals surface area contributed by atoms with Gasteiger partial charge in [-0.25, -0.2) is 0 Å². The normalized spacial score (nSPS) is 22.2. The lowest BCUT2D eigenvalue weighted by atomic mass is 9.75. The van der Waals surface area contributed by atoms with Crippen molar-refractivity contribution in [3.63, 3.8) is 0 Å². The van der Waals surface area contributed by atoms with E-state index in [1.165, 1.54) is 54.6 Å². The van der Waals surface area contributed by atoms with Crippen LogP contribution >= 0.6 is 0 Å². The van der Waals surface area contributed by atoms with Crippen molar-refractivity contribution in [1.82, 2.24) is 0 Å². The summed E-state index contributed by atoms with van der Waals surface area (Å²) in [5.41, 5.74) is 8.61. The predicted octanol–water partition coefficient (Wildman–Crippen LogP) is 8.60. The molecule has 0 amide bonds. The molecule has 0 saturated heterocycles. The minimum absolute atomic E-state index is 0.427. The molecule has 0 heteroatoms. The van der Waals surface area contributed by atoms with E-state index < -0.39 is 0 Å². The van der Waals surface area contributed by atoms with Gasteiger partial charge in [-0.3, -0.25) is 0 Å². The first-order chi connectivity index (χ1) is 18.9. The Kier molecular flexibility index (Phi) is 6.18. The van der Waals surface area contributed by atoms with E-state index in [1.54, 1.807) is 0 Å². The maximum absolute atomic E-state index is 2.57. The summed E-state index contributed by atoms with van der Waals surface area (Å²) in [5.74, 6) is 0.879. The van der Waals surface area contributed by atoms with Gasteiger partial charge in [-0.1, -0.05) is 121 Å². The second-order valence-electron chi connectivity index (χ2n) is 11.0. The summed E-state index contributed by atoms with van der Waals surface area (Å²) in [5, 5.41) is 5.61. The van der Waals surface area contributed by atoms with E-state index in [-0.39, 0.29) is 0 Å². The zero-order valence-corrected chi connectivity index (χ0v) is 21.9. The highest BCUT2D eigenvalue weighted by atomic mass is 14.3. The molecule has 0 aliphatic heterocycles. The average Bonchev–Trinajstić information content (AvgIpc) is 3.01. The smallest absolute Gasteiger partial charge is 0.00613 e. The summed E-state index contributed by atoms with van der Waals surface area (Å²) in [6.07, 6.45) is 33.1. The molecule has 0 radical (unpaired) electrons. The molecule has 0 aromatic heterocycles. The monoisotopic (exact) mass is 490 g/mol. The first kappa shape index (κ1) is 23.2. The molecular formula is C38H34. The van der Waals surface area contributed by atoms with Crippen LogP contribution in [-0.4, -0.2) is 0 Å². The van der Waals surface area contributed by atoms with Gasteiger partial charge in [0.25, 0.3) is 0 Å². The second kappa shape index (κ2) is 10.1. The lowest BCUT2D eigenvalue weighted by molar-refractivity contribution is 0.722. The van der Waals surface area contributed by atoms with Gasteiger partial charge in [-0.2, -0.15) is 0 Å². The molecule has 0 nitrogen and oxygen atoms in total. The number of benzene rings is 3. The van der Waals surface area contributed by atoms with Crippen molar-refractivity contribution in [1.29, 1.82) is 0 Å². The van der Waals surface area contributed by atoms with Gasteiger partial charge in [0, 0.05) is 11.8 Å². The lowest BCUT2D eigenvalue weighted by Crippen LogP contribution is -2.33. The van der Waals surface area contributed by atoms with Gasteiger partial charge in [0.15, 0.2) is 0 Å². The lowest BCUT2D eigenvalue weighted by Gasteiger charge is -2.29. The molecule has 3 aromatic rings. The highest BCUT2D eigenvalue weighted by Gasteiger charge is 2.25. The number of fused-ring (bicyclic) bond motifs is 2. The van der Waals surface area contributed by atoms with E-state index in [0.717, 1.165) is 38.5 Å². The third-order valence-electron chi connectivity index (χ3n) is 8.58. The van der Waals surface area contributed by atoms with E-state index in [2.05, 4.69) is 121 Å². The van der Waals surface area contributed by atoms with Crippen molar-refractivity contribution in [2.45, 2.75) is 38.5 Å². The van der Waals surface area contributed by atoms with Crippen LogP contribution in [0.4, 0.5) is 0 Å². The Balaban J connectivity index is 1.48. The highest BCUT2D eigenvalue weighted by Crippen LogP contribution is 2.40. The maximum atomic E-state index is 2.57. The molecule has 0 saturated carbocycles. The molecule has 0 spiro atoms. The predicted molar refractivity (Wildman–Crippen MR) is 164 cm³/mol. The molecule has 0 heterocycles. The van der Waals surface area contributed by atoms with E-state index in [0.29, 0.717) is 11.8 Å². The minimum Gasteiger partial charge on any atom is -0.0839 e. The van der Waals surface area contributed by atoms with Crippen LogP contribution in [0.25, 0.3) is 39.6 Å². The molecule has 186 valence electrons. The van der Waals surface area contributed by atoms with Crippen molar-refractivity contribution in [2.24, 2.45) is 11.8 Å². The maximum Gasteiger partial charge on any atom is 0.00613 e. The highest BCUT2D eigenvalue weighted by molar-refractivity contribution is 6.04. The number of hydrogen-bond donors (Lipinski definition) is 0. The Hall–Kier alpha value is -3.90. The van der Waals surface area contributed by atoms with Crippen molar-refractivity contribution in [2.75, 3.05) is 0 Å². The van der Waals surface area contributed by atoms with Gasteiger partial charge < -0.3 is 0 Å². The number of allylic oxidation sites excluding steroid dienone is 12. The Morgan fingerprint density at radius 2 is 1.34 bits per heavy atom. The van der Waals surface area contributed by atoms with Crippen LogP contribution in [0.5, 0.6) is 0 Å². The Bertz CT molecular complexity index is 1700. The molecule has 7 rings (SSSR count). The SMILES string of the molecule is C1=CCC(C2=CC(C3=CCCC=C3)CC(c3c4c(c(-c5ccccc5)c5ccccc35)=CCCC=4)=C2)C=C1. The molecule has 2 unspecified atom stereocenters. The van der Waals surface area contributed by atoms with Crippen molar-refractivity contribution in [3.8, 4) is 11.1 Å². The summed E-state index contributed by atoms with van der Waals surface area (Å²) in [4.78, 5) is 0. The average molecular weight is 491 g/mol. The molecule has 0 bridgehead atoms. The van der Waals surface area contributed by atoms with E-state index in [4.69, 9.17) is 0 Å². The summed E-state index contributed by atoms with van der Waals surface area (Å²) < 4.78 is 0. The zero-order chi connectivity index (χ0) is 25.3. The third kappa shape index (κ3) is 4.19. The van der Waals surface area contributed by atoms with Crippen molar-refractivity contribution < 1.29 is 0 Å². The Labute approximate surface area is 226 Å². The van der Waals surface area contributed by atoms with Crippen molar-refractivity contribution in [3.05, 3.63) is 136 Å². The third-order valence-corrected chi connectivity index (χ3v) is 8.58. The zero-order valence-electron chi connectivity index (χ0n) is 21.9. The van der Waals surface area contributed by atoms with E-state index >= 15 is 0 Å². The summed E-state index contributed by atoms with van der Waals surface area (Å²) in [6.45, 7) is 0.